The van der Waals surface area contributed by atoms with Gasteiger partial charge in [-0.25, -0.2) is 4.39 Å². The van der Waals surface area contributed by atoms with E-state index in [1.165, 1.54) is 30.1 Å². The Morgan fingerprint density at radius 3 is 2.43 bits per heavy atom. The Morgan fingerprint density at radius 1 is 1.25 bits per heavy atom. The van der Waals surface area contributed by atoms with Crippen LogP contribution in [0.5, 0.6) is 0 Å². The molecule has 0 radical (unpaired) electrons. The van der Waals surface area contributed by atoms with Gasteiger partial charge >= 0.3 is 6.18 Å². The van der Waals surface area contributed by atoms with E-state index in [0.717, 1.165) is 6.92 Å². The molecular formula is C17H24F4IN5O. The predicted octanol–water partition coefficient (Wildman–Crippen LogP) is 2.53. The van der Waals surface area contributed by atoms with Gasteiger partial charge in [0, 0.05) is 38.9 Å². The third-order valence-electron chi connectivity index (χ3n) is 4.36. The molecule has 1 heterocycles. The number of amides is 1. The Balaban J connectivity index is 0.00000392. The van der Waals surface area contributed by atoms with Gasteiger partial charge in [0.1, 0.15) is 11.9 Å². The van der Waals surface area contributed by atoms with Crippen molar-refractivity contribution in [2.45, 2.75) is 19.1 Å². The number of nitrogens with zero attached hydrogens (tertiary/aromatic N) is 3. The lowest BCUT2D eigenvalue weighted by molar-refractivity contribution is -0.181. The molecular weight excluding hydrogens is 493 g/mol. The zero-order valence-corrected chi connectivity index (χ0v) is 17.9. The van der Waals surface area contributed by atoms with Gasteiger partial charge in [-0.3, -0.25) is 14.7 Å². The maximum Gasteiger partial charge on any atom is 0.403 e. The van der Waals surface area contributed by atoms with E-state index in [1.54, 1.807) is 11.0 Å². The number of benzene rings is 1. The lowest BCUT2D eigenvalue weighted by atomic mass is 10.2. The molecule has 1 aromatic rings. The van der Waals surface area contributed by atoms with Crippen molar-refractivity contribution in [3.63, 3.8) is 0 Å². The van der Waals surface area contributed by atoms with Crippen molar-refractivity contribution in [3.05, 3.63) is 30.1 Å². The number of anilines is 1. The van der Waals surface area contributed by atoms with Gasteiger partial charge in [-0.15, -0.1) is 24.0 Å². The molecule has 0 aromatic heterocycles. The molecule has 0 bridgehead atoms. The van der Waals surface area contributed by atoms with Crippen LogP contribution in [0.2, 0.25) is 0 Å². The van der Waals surface area contributed by atoms with E-state index in [0.29, 0.717) is 24.7 Å². The number of nitrogens with one attached hydrogen (secondary N) is 2. The molecule has 1 aliphatic rings. The summed E-state index contributed by atoms with van der Waals surface area (Å²) in [4.78, 5) is 19.2. The normalized spacial score (nSPS) is 16.9. The van der Waals surface area contributed by atoms with E-state index in [4.69, 9.17) is 0 Å². The molecule has 0 spiro atoms. The number of aliphatic imine (C=N–C) groups is 1. The number of carbonyl (C=O) groups excluding carboxylic acids is 1. The zero-order valence-electron chi connectivity index (χ0n) is 15.6. The highest BCUT2D eigenvalue weighted by atomic mass is 127. The van der Waals surface area contributed by atoms with Crippen LogP contribution < -0.4 is 10.6 Å². The first-order valence-corrected chi connectivity index (χ1v) is 8.52. The summed E-state index contributed by atoms with van der Waals surface area (Å²) in [7, 11) is 1.54. The van der Waals surface area contributed by atoms with Crippen molar-refractivity contribution in [1.29, 1.82) is 0 Å². The summed E-state index contributed by atoms with van der Waals surface area (Å²) in [6.45, 7) is 2.28. The zero-order chi connectivity index (χ0) is 20.0. The maximum atomic E-state index is 13.1. The summed E-state index contributed by atoms with van der Waals surface area (Å²) in [6, 6.07) is 4.03. The molecule has 11 heteroatoms. The lowest BCUT2D eigenvalue weighted by Gasteiger charge is -2.39. The minimum atomic E-state index is -4.25. The van der Waals surface area contributed by atoms with E-state index < -0.39 is 18.0 Å². The maximum absolute atomic E-state index is 13.1. The molecule has 28 heavy (non-hydrogen) atoms. The Bertz CT molecular complexity index is 678. The van der Waals surface area contributed by atoms with Gasteiger partial charge in [-0.2, -0.15) is 13.2 Å². The average molecular weight is 517 g/mol. The Labute approximate surface area is 178 Å². The van der Waals surface area contributed by atoms with Crippen LogP contribution in [0.4, 0.5) is 23.2 Å². The van der Waals surface area contributed by atoms with Crippen LogP contribution in [0, 0.1) is 5.82 Å². The minimum absolute atomic E-state index is 0. The fraction of sp³-hybridized carbons (Fsp3) is 0.529. The lowest BCUT2D eigenvalue weighted by Crippen LogP contribution is -2.57. The van der Waals surface area contributed by atoms with Crippen molar-refractivity contribution < 1.29 is 22.4 Å². The number of piperazine rings is 1. The predicted molar refractivity (Wildman–Crippen MR) is 110 cm³/mol. The molecule has 2 N–H and O–H groups in total. The molecule has 6 nitrogen and oxygen atoms in total. The Morgan fingerprint density at radius 2 is 1.89 bits per heavy atom. The van der Waals surface area contributed by atoms with Crippen molar-refractivity contribution in [3.8, 4) is 0 Å². The number of rotatable bonds is 4. The molecule has 158 valence electrons. The van der Waals surface area contributed by atoms with Crippen LogP contribution in [-0.2, 0) is 4.79 Å². The van der Waals surface area contributed by atoms with Crippen LogP contribution in [0.25, 0.3) is 0 Å². The van der Waals surface area contributed by atoms with Crippen LogP contribution in [0.1, 0.15) is 6.92 Å². The fourth-order valence-corrected chi connectivity index (χ4v) is 2.79. The minimum Gasteiger partial charge on any atom is -0.347 e. The van der Waals surface area contributed by atoms with Crippen LogP contribution in [0.15, 0.2) is 29.3 Å². The van der Waals surface area contributed by atoms with Gasteiger partial charge in [0.15, 0.2) is 5.96 Å². The highest BCUT2D eigenvalue weighted by Crippen LogP contribution is 2.25. The molecule has 1 atom stereocenters. The van der Waals surface area contributed by atoms with Crippen LogP contribution in [0.3, 0.4) is 0 Å². The Hall–Kier alpha value is -1.63. The highest BCUT2D eigenvalue weighted by molar-refractivity contribution is 14.0. The second kappa shape index (κ2) is 10.8. The number of alkyl halides is 3. The van der Waals surface area contributed by atoms with Gasteiger partial charge in [-0.05, 0) is 25.1 Å². The molecule has 2 rings (SSSR count). The second-order valence-corrected chi connectivity index (χ2v) is 6.20. The molecule has 1 saturated heterocycles. The first-order chi connectivity index (χ1) is 12.7. The van der Waals surface area contributed by atoms with E-state index >= 15 is 0 Å². The van der Waals surface area contributed by atoms with E-state index in [1.807, 2.05) is 0 Å². The number of halogens is 5. The number of hydrogen-bond donors (Lipinski definition) is 2. The monoisotopic (exact) mass is 517 g/mol. The Kier molecular flexibility index (Phi) is 9.40. The number of guanidine groups is 1. The number of hydrogen-bond acceptors (Lipinski definition) is 3. The van der Waals surface area contributed by atoms with Crippen molar-refractivity contribution >= 4 is 41.5 Å². The topological polar surface area (TPSA) is 60.0 Å². The molecule has 1 amide bonds. The molecule has 0 saturated carbocycles. The van der Waals surface area contributed by atoms with Crippen LogP contribution >= 0.6 is 24.0 Å². The quantitative estimate of drug-likeness (QED) is 0.279. The first-order valence-electron chi connectivity index (χ1n) is 8.52. The van der Waals surface area contributed by atoms with Crippen molar-refractivity contribution in [2.75, 3.05) is 45.1 Å². The summed E-state index contributed by atoms with van der Waals surface area (Å²) < 4.78 is 51.6. The van der Waals surface area contributed by atoms with E-state index in [9.17, 15) is 22.4 Å². The smallest absolute Gasteiger partial charge is 0.347 e. The van der Waals surface area contributed by atoms with E-state index in [2.05, 4.69) is 15.6 Å². The standard InChI is InChI=1S/C17H23F4N5O.HI/c1-12(17(19,20)21)25-6-8-26(9-7-25)16(22-2)23-11-15(27)24-14-5-3-4-13(18)10-14;/h3-5,10,12H,6-9,11H2,1-2H3,(H,22,23)(H,24,27);1H. The highest BCUT2D eigenvalue weighted by Gasteiger charge is 2.41. The average Bonchev–Trinajstić information content (AvgIpc) is 2.61. The van der Waals surface area contributed by atoms with Crippen molar-refractivity contribution in [2.24, 2.45) is 4.99 Å². The third kappa shape index (κ3) is 7.08. The largest absolute Gasteiger partial charge is 0.403 e. The number of carbonyl (C=O) groups is 1. The van der Waals surface area contributed by atoms with Gasteiger partial charge in [-0.1, -0.05) is 6.07 Å². The van der Waals surface area contributed by atoms with Gasteiger partial charge in [0.05, 0.1) is 6.54 Å². The van der Waals surface area contributed by atoms with Gasteiger partial charge < -0.3 is 15.5 Å². The van der Waals surface area contributed by atoms with Gasteiger partial charge in [0.25, 0.3) is 0 Å². The molecule has 1 unspecified atom stereocenters. The summed E-state index contributed by atoms with van der Waals surface area (Å²) in [5, 5.41) is 5.43. The molecule has 1 aromatic carbocycles. The van der Waals surface area contributed by atoms with Crippen molar-refractivity contribution in [1.82, 2.24) is 15.1 Å². The first kappa shape index (κ1) is 24.4. The summed E-state index contributed by atoms with van der Waals surface area (Å²) >= 11 is 0. The molecule has 0 aliphatic carbocycles. The fourth-order valence-electron chi connectivity index (χ4n) is 2.79. The summed E-state index contributed by atoms with van der Waals surface area (Å²) in [6.07, 6.45) is -4.25. The van der Waals surface area contributed by atoms with Crippen LogP contribution in [-0.4, -0.2) is 73.7 Å². The van der Waals surface area contributed by atoms with Gasteiger partial charge in [0.2, 0.25) is 5.91 Å². The SMILES string of the molecule is CN=C(NCC(=O)Nc1cccc(F)c1)N1CCN(C(C)C(F)(F)F)CC1.I. The molecule has 1 aliphatic heterocycles. The third-order valence-corrected chi connectivity index (χ3v) is 4.36. The second-order valence-electron chi connectivity index (χ2n) is 6.20. The van der Waals surface area contributed by atoms with E-state index in [-0.39, 0.29) is 49.5 Å². The summed E-state index contributed by atoms with van der Waals surface area (Å²) in [5.41, 5.74) is 0.339. The molecule has 1 fully saturated rings. The summed E-state index contributed by atoms with van der Waals surface area (Å²) in [5.74, 6) is -0.405.